The third-order valence-corrected chi connectivity index (χ3v) is 3.76. The molecule has 0 fully saturated rings. The zero-order valence-corrected chi connectivity index (χ0v) is 11.6. The largest absolute Gasteiger partial charge is 0.421 e. The van der Waals surface area contributed by atoms with Crippen molar-refractivity contribution in [2.45, 2.75) is 4.90 Å². The van der Waals surface area contributed by atoms with Crippen LogP contribution in [0.4, 0.5) is 0 Å². The molecule has 0 unspecified atom stereocenters. The third kappa shape index (κ3) is 3.16. The molecule has 1 N–H and O–H groups in total. The van der Waals surface area contributed by atoms with Gasteiger partial charge in [0.15, 0.2) is 10.6 Å². The van der Waals surface area contributed by atoms with Gasteiger partial charge in [0.25, 0.3) is 10.1 Å². The average molecular weight is 313 g/mol. The molecule has 0 amide bonds. The molecule has 0 aromatic heterocycles. The topological polar surface area (TPSA) is 80.7 Å². The maximum Gasteiger partial charge on any atom is 0.343 e. The van der Waals surface area contributed by atoms with E-state index in [1.54, 1.807) is 18.2 Å². The van der Waals surface area contributed by atoms with E-state index in [-0.39, 0.29) is 16.3 Å². The van der Waals surface area contributed by atoms with Crippen LogP contribution in [-0.2, 0) is 10.1 Å². The molecule has 0 heterocycles. The molecule has 5 nitrogen and oxygen atoms in total. The number of rotatable bonds is 3. The van der Waals surface area contributed by atoms with Crippen LogP contribution < -0.4 is 4.74 Å². The van der Waals surface area contributed by atoms with E-state index in [4.69, 9.17) is 20.9 Å². The Labute approximate surface area is 120 Å². The SMILES string of the molecule is O=C(Oc1cccc(Cl)c1S(=O)(=O)O)c1ccccc1. The van der Waals surface area contributed by atoms with Crippen LogP contribution >= 0.6 is 11.6 Å². The molecule has 7 heteroatoms. The van der Waals surface area contributed by atoms with E-state index in [0.717, 1.165) is 0 Å². The Hall–Kier alpha value is -1.89. The van der Waals surface area contributed by atoms with E-state index >= 15 is 0 Å². The first kappa shape index (κ1) is 14.5. The van der Waals surface area contributed by atoms with Crippen molar-refractivity contribution in [1.82, 2.24) is 0 Å². The van der Waals surface area contributed by atoms with Gasteiger partial charge in [-0.1, -0.05) is 35.9 Å². The molecular formula is C13H9ClO5S. The summed E-state index contributed by atoms with van der Waals surface area (Å²) in [5, 5.41) is -0.231. The fourth-order valence-electron chi connectivity index (χ4n) is 1.55. The lowest BCUT2D eigenvalue weighted by Gasteiger charge is -2.09. The number of carbonyl (C=O) groups excluding carboxylic acids is 1. The Morgan fingerprint density at radius 1 is 1.05 bits per heavy atom. The van der Waals surface area contributed by atoms with Crippen molar-refractivity contribution in [3.05, 3.63) is 59.1 Å². The van der Waals surface area contributed by atoms with Gasteiger partial charge in [-0.05, 0) is 24.3 Å². The van der Waals surface area contributed by atoms with E-state index in [0.29, 0.717) is 0 Å². The van der Waals surface area contributed by atoms with E-state index in [9.17, 15) is 13.2 Å². The second-order valence-corrected chi connectivity index (χ2v) is 5.56. The summed E-state index contributed by atoms with van der Waals surface area (Å²) in [6, 6.07) is 11.9. The summed E-state index contributed by atoms with van der Waals surface area (Å²) in [7, 11) is -4.60. The van der Waals surface area contributed by atoms with Crippen LogP contribution in [0.2, 0.25) is 5.02 Å². The van der Waals surface area contributed by atoms with E-state index in [1.165, 1.54) is 30.3 Å². The summed E-state index contributed by atoms with van der Waals surface area (Å²) in [4.78, 5) is 11.2. The molecule has 0 radical (unpaired) electrons. The molecule has 0 saturated heterocycles. The minimum atomic E-state index is -4.60. The summed E-state index contributed by atoms with van der Waals surface area (Å²) < 4.78 is 36.7. The fourth-order valence-corrected chi connectivity index (χ4v) is 2.69. The molecule has 0 atom stereocenters. The van der Waals surface area contributed by atoms with Crippen molar-refractivity contribution in [3.8, 4) is 5.75 Å². The normalized spacial score (nSPS) is 11.1. The van der Waals surface area contributed by atoms with Gasteiger partial charge < -0.3 is 4.74 Å². The highest BCUT2D eigenvalue weighted by Crippen LogP contribution is 2.31. The van der Waals surface area contributed by atoms with Crippen LogP contribution in [0.1, 0.15) is 10.4 Å². The van der Waals surface area contributed by atoms with E-state index < -0.39 is 21.0 Å². The molecule has 0 spiro atoms. The zero-order chi connectivity index (χ0) is 14.8. The van der Waals surface area contributed by atoms with Gasteiger partial charge in [0.1, 0.15) is 0 Å². The molecule has 2 aromatic rings. The molecule has 2 aromatic carbocycles. The first-order chi connectivity index (χ1) is 9.39. The van der Waals surface area contributed by atoms with Crippen LogP contribution in [0.25, 0.3) is 0 Å². The predicted octanol–water partition coefficient (Wildman–Crippen LogP) is 2.81. The smallest absolute Gasteiger partial charge is 0.343 e. The number of benzene rings is 2. The highest BCUT2D eigenvalue weighted by atomic mass is 35.5. The monoisotopic (exact) mass is 312 g/mol. The quantitative estimate of drug-likeness (QED) is 0.535. The minimum absolute atomic E-state index is 0.231. The summed E-state index contributed by atoms with van der Waals surface area (Å²) in [5.41, 5.74) is 0.244. The lowest BCUT2D eigenvalue weighted by atomic mass is 10.2. The minimum Gasteiger partial charge on any atom is -0.421 e. The second-order valence-electron chi connectivity index (χ2n) is 3.80. The fraction of sp³-hybridized carbons (Fsp3) is 0. The predicted molar refractivity (Wildman–Crippen MR) is 72.7 cm³/mol. The standard InChI is InChI=1S/C13H9ClO5S/c14-10-7-4-8-11(12(10)20(16,17)18)19-13(15)9-5-2-1-3-6-9/h1-8H,(H,16,17,18). The maximum absolute atomic E-state index is 11.9. The Kier molecular flexibility index (Phi) is 4.08. The first-order valence-corrected chi connectivity index (χ1v) is 7.24. The van der Waals surface area contributed by atoms with Crippen molar-refractivity contribution in [2.75, 3.05) is 0 Å². The molecular weight excluding hydrogens is 304 g/mol. The number of hydrogen-bond donors (Lipinski definition) is 1. The van der Waals surface area contributed by atoms with Gasteiger partial charge in [-0.25, -0.2) is 4.79 Å². The van der Waals surface area contributed by atoms with Crippen molar-refractivity contribution in [1.29, 1.82) is 0 Å². The van der Waals surface area contributed by atoms with Crippen molar-refractivity contribution in [3.63, 3.8) is 0 Å². The molecule has 104 valence electrons. The van der Waals surface area contributed by atoms with Gasteiger partial charge in [0, 0.05) is 0 Å². The van der Waals surface area contributed by atoms with Crippen LogP contribution in [-0.4, -0.2) is 18.9 Å². The van der Waals surface area contributed by atoms with Crippen molar-refractivity contribution in [2.24, 2.45) is 0 Å². The number of carbonyl (C=O) groups is 1. The Morgan fingerprint density at radius 2 is 1.70 bits per heavy atom. The average Bonchev–Trinajstić information content (AvgIpc) is 2.38. The molecule has 2 rings (SSSR count). The maximum atomic E-state index is 11.9. The molecule has 0 aliphatic heterocycles. The van der Waals surface area contributed by atoms with Gasteiger partial charge in [0.2, 0.25) is 0 Å². The summed E-state index contributed by atoms with van der Waals surface area (Å²) in [6.45, 7) is 0. The van der Waals surface area contributed by atoms with Crippen molar-refractivity contribution < 1.29 is 22.5 Å². The summed E-state index contributed by atoms with van der Waals surface area (Å²) in [6.07, 6.45) is 0. The highest BCUT2D eigenvalue weighted by molar-refractivity contribution is 7.86. The van der Waals surface area contributed by atoms with E-state index in [1.807, 2.05) is 0 Å². The number of halogens is 1. The number of hydrogen-bond acceptors (Lipinski definition) is 4. The zero-order valence-electron chi connectivity index (χ0n) is 9.99. The van der Waals surface area contributed by atoms with Gasteiger partial charge >= 0.3 is 5.97 Å². The highest BCUT2D eigenvalue weighted by Gasteiger charge is 2.22. The molecule has 20 heavy (non-hydrogen) atoms. The third-order valence-electron chi connectivity index (χ3n) is 2.40. The summed E-state index contributed by atoms with van der Waals surface area (Å²) in [5.74, 6) is -1.08. The lowest BCUT2D eigenvalue weighted by molar-refractivity contribution is 0.0730. The van der Waals surface area contributed by atoms with Gasteiger partial charge in [-0.3, -0.25) is 4.55 Å². The molecule has 0 saturated carbocycles. The first-order valence-electron chi connectivity index (χ1n) is 5.43. The Balaban J connectivity index is 2.41. The Bertz CT molecular complexity index is 741. The van der Waals surface area contributed by atoms with Crippen LogP contribution in [0.3, 0.4) is 0 Å². The summed E-state index contributed by atoms with van der Waals surface area (Å²) >= 11 is 5.71. The second kappa shape index (κ2) is 5.62. The van der Waals surface area contributed by atoms with Gasteiger partial charge in [-0.15, -0.1) is 0 Å². The van der Waals surface area contributed by atoms with Crippen LogP contribution in [0.15, 0.2) is 53.4 Å². The molecule has 0 aliphatic carbocycles. The van der Waals surface area contributed by atoms with Crippen LogP contribution in [0, 0.1) is 0 Å². The molecule has 0 aliphatic rings. The lowest BCUT2D eigenvalue weighted by Crippen LogP contribution is -2.11. The van der Waals surface area contributed by atoms with E-state index in [2.05, 4.69) is 0 Å². The number of ether oxygens (including phenoxy) is 1. The molecule has 0 bridgehead atoms. The van der Waals surface area contributed by atoms with Gasteiger partial charge in [-0.2, -0.15) is 8.42 Å². The van der Waals surface area contributed by atoms with Crippen molar-refractivity contribution >= 4 is 27.7 Å². The van der Waals surface area contributed by atoms with Crippen LogP contribution in [0.5, 0.6) is 5.75 Å². The number of esters is 1. The Morgan fingerprint density at radius 3 is 2.30 bits per heavy atom. The van der Waals surface area contributed by atoms with Gasteiger partial charge in [0.05, 0.1) is 10.6 Å².